The van der Waals surface area contributed by atoms with Crippen LogP contribution >= 0.6 is 0 Å². The SMILES string of the molecule is OC(Cc1ccc2c(c1)CCC2)C(O)c1ccccc1. The van der Waals surface area contributed by atoms with Crippen LogP contribution in [0.4, 0.5) is 0 Å². The van der Waals surface area contributed by atoms with E-state index < -0.39 is 12.2 Å². The number of fused-ring (bicyclic) bond motifs is 1. The zero-order valence-corrected chi connectivity index (χ0v) is 11.5. The molecule has 104 valence electrons. The lowest BCUT2D eigenvalue weighted by molar-refractivity contribution is 0.0189. The van der Waals surface area contributed by atoms with Gasteiger partial charge in [-0.25, -0.2) is 0 Å². The minimum atomic E-state index is -0.829. The van der Waals surface area contributed by atoms with E-state index in [1.807, 2.05) is 30.3 Å². The maximum atomic E-state index is 10.2. The summed E-state index contributed by atoms with van der Waals surface area (Å²) in [5, 5.41) is 20.4. The number of hydrogen-bond donors (Lipinski definition) is 2. The van der Waals surface area contributed by atoms with Crippen molar-refractivity contribution in [2.24, 2.45) is 0 Å². The summed E-state index contributed by atoms with van der Waals surface area (Å²) in [5.74, 6) is 0. The molecule has 0 amide bonds. The molecule has 20 heavy (non-hydrogen) atoms. The molecule has 0 spiro atoms. The minimum Gasteiger partial charge on any atom is -0.390 e. The van der Waals surface area contributed by atoms with Gasteiger partial charge in [0.2, 0.25) is 0 Å². The van der Waals surface area contributed by atoms with Gasteiger partial charge in [0.15, 0.2) is 0 Å². The molecule has 2 unspecified atom stereocenters. The summed E-state index contributed by atoms with van der Waals surface area (Å²) in [7, 11) is 0. The monoisotopic (exact) mass is 268 g/mol. The van der Waals surface area contributed by atoms with Gasteiger partial charge in [-0.2, -0.15) is 0 Å². The number of rotatable bonds is 4. The smallest absolute Gasteiger partial charge is 0.105 e. The molecular formula is C18H20O2. The van der Waals surface area contributed by atoms with Gasteiger partial charge in [-0.05, 0) is 41.5 Å². The average molecular weight is 268 g/mol. The van der Waals surface area contributed by atoms with E-state index in [9.17, 15) is 10.2 Å². The Morgan fingerprint density at radius 1 is 0.900 bits per heavy atom. The largest absolute Gasteiger partial charge is 0.390 e. The highest BCUT2D eigenvalue weighted by Gasteiger charge is 2.19. The van der Waals surface area contributed by atoms with Crippen LogP contribution in [0.5, 0.6) is 0 Å². The van der Waals surface area contributed by atoms with E-state index in [1.165, 1.54) is 24.0 Å². The second-order valence-electron chi connectivity index (χ2n) is 5.58. The Morgan fingerprint density at radius 2 is 1.65 bits per heavy atom. The highest BCUT2D eigenvalue weighted by molar-refractivity contribution is 5.35. The highest BCUT2D eigenvalue weighted by atomic mass is 16.3. The van der Waals surface area contributed by atoms with Crippen LogP contribution in [-0.4, -0.2) is 16.3 Å². The van der Waals surface area contributed by atoms with E-state index in [0.717, 1.165) is 17.5 Å². The number of hydrogen-bond acceptors (Lipinski definition) is 2. The molecule has 0 radical (unpaired) electrons. The first-order valence-corrected chi connectivity index (χ1v) is 7.26. The van der Waals surface area contributed by atoms with Crippen LogP contribution in [-0.2, 0) is 19.3 Å². The van der Waals surface area contributed by atoms with E-state index in [4.69, 9.17) is 0 Å². The van der Waals surface area contributed by atoms with Crippen molar-refractivity contribution in [2.45, 2.75) is 37.9 Å². The van der Waals surface area contributed by atoms with Crippen molar-refractivity contribution < 1.29 is 10.2 Å². The van der Waals surface area contributed by atoms with Gasteiger partial charge < -0.3 is 10.2 Å². The summed E-state index contributed by atoms with van der Waals surface area (Å²) in [6, 6.07) is 15.8. The standard InChI is InChI=1S/C18H20O2/c19-17(18(20)15-5-2-1-3-6-15)12-13-9-10-14-7-4-8-16(14)11-13/h1-3,5-6,9-11,17-20H,4,7-8,12H2. The van der Waals surface area contributed by atoms with Crippen molar-refractivity contribution in [3.8, 4) is 0 Å². The Balaban J connectivity index is 1.71. The summed E-state index contributed by atoms with van der Waals surface area (Å²) < 4.78 is 0. The van der Waals surface area contributed by atoms with Gasteiger partial charge in [-0.1, -0.05) is 48.5 Å². The molecule has 2 atom stereocenters. The van der Waals surface area contributed by atoms with Crippen LogP contribution in [0.25, 0.3) is 0 Å². The molecular weight excluding hydrogens is 248 g/mol. The molecule has 0 saturated heterocycles. The molecule has 3 rings (SSSR count). The van der Waals surface area contributed by atoms with Crippen molar-refractivity contribution in [1.29, 1.82) is 0 Å². The molecule has 0 heterocycles. The summed E-state index contributed by atoms with van der Waals surface area (Å²) in [5.41, 5.74) is 4.71. The third-order valence-corrected chi connectivity index (χ3v) is 4.11. The molecule has 2 aromatic carbocycles. The zero-order valence-electron chi connectivity index (χ0n) is 11.5. The Bertz CT molecular complexity index is 577. The van der Waals surface area contributed by atoms with Crippen LogP contribution in [0.3, 0.4) is 0 Å². The molecule has 0 bridgehead atoms. The number of benzene rings is 2. The van der Waals surface area contributed by atoms with Gasteiger partial charge in [0.05, 0.1) is 6.10 Å². The van der Waals surface area contributed by atoms with Crippen molar-refractivity contribution in [1.82, 2.24) is 0 Å². The zero-order chi connectivity index (χ0) is 13.9. The predicted molar refractivity (Wildman–Crippen MR) is 79.6 cm³/mol. The van der Waals surface area contributed by atoms with E-state index in [0.29, 0.717) is 6.42 Å². The Hall–Kier alpha value is -1.64. The third kappa shape index (κ3) is 2.77. The number of aryl methyl sites for hydroxylation is 2. The lowest BCUT2D eigenvalue weighted by atomic mass is 9.96. The Kier molecular flexibility index (Phi) is 3.86. The fourth-order valence-corrected chi connectivity index (χ4v) is 2.98. The molecule has 2 N–H and O–H groups in total. The summed E-state index contributed by atoms with van der Waals surface area (Å²) >= 11 is 0. The molecule has 1 aliphatic rings. The minimum absolute atomic E-state index is 0.489. The molecule has 2 heteroatoms. The topological polar surface area (TPSA) is 40.5 Å². The number of aliphatic hydroxyl groups excluding tert-OH is 2. The normalized spacial score (nSPS) is 16.7. The number of aliphatic hydroxyl groups is 2. The Labute approximate surface area is 119 Å². The van der Waals surface area contributed by atoms with Gasteiger partial charge in [0, 0.05) is 6.42 Å². The fourth-order valence-electron chi connectivity index (χ4n) is 2.98. The van der Waals surface area contributed by atoms with Gasteiger partial charge in [0.25, 0.3) is 0 Å². The second kappa shape index (κ2) is 5.78. The van der Waals surface area contributed by atoms with Gasteiger partial charge in [-0.3, -0.25) is 0 Å². The van der Waals surface area contributed by atoms with E-state index >= 15 is 0 Å². The molecule has 0 saturated carbocycles. The highest BCUT2D eigenvalue weighted by Crippen LogP contribution is 2.25. The van der Waals surface area contributed by atoms with E-state index in [1.54, 1.807) is 0 Å². The van der Waals surface area contributed by atoms with Crippen LogP contribution in [0.15, 0.2) is 48.5 Å². The quantitative estimate of drug-likeness (QED) is 0.895. The lowest BCUT2D eigenvalue weighted by Gasteiger charge is -2.18. The predicted octanol–water partition coefficient (Wildman–Crippen LogP) is 2.81. The first kappa shape index (κ1) is 13.3. The van der Waals surface area contributed by atoms with E-state index in [2.05, 4.69) is 18.2 Å². The lowest BCUT2D eigenvalue weighted by Crippen LogP contribution is -2.20. The van der Waals surface area contributed by atoms with Crippen molar-refractivity contribution in [2.75, 3.05) is 0 Å². The molecule has 1 aliphatic carbocycles. The summed E-state index contributed by atoms with van der Waals surface area (Å²) in [6.45, 7) is 0. The maximum Gasteiger partial charge on any atom is 0.105 e. The van der Waals surface area contributed by atoms with Crippen LogP contribution < -0.4 is 0 Å². The molecule has 0 fully saturated rings. The molecule has 0 aromatic heterocycles. The molecule has 2 nitrogen and oxygen atoms in total. The average Bonchev–Trinajstić information content (AvgIpc) is 2.95. The van der Waals surface area contributed by atoms with Crippen molar-refractivity contribution in [3.05, 3.63) is 70.8 Å². The maximum absolute atomic E-state index is 10.2. The fraction of sp³-hybridized carbons (Fsp3) is 0.333. The first-order chi connectivity index (χ1) is 9.74. The van der Waals surface area contributed by atoms with Gasteiger partial charge in [-0.15, -0.1) is 0 Å². The van der Waals surface area contributed by atoms with Crippen LogP contribution in [0.1, 0.15) is 34.8 Å². The van der Waals surface area contributed by atoms with Crippen LogP contribution in [0, 0.1) is 0 Å². The van der Waals surface area contributed by atoms with Gasteiger partial charge >= 0.3 is 0 Å². The molecule has 0 aliphatic heterocycles. The third-order valence-electron chi connectivity index (χ3n) is 4.11. The van der Waals surface area contributed by atoms with Crippen molar-refractivity contribution >= 4 is 0 Å². The van der Waals surface area contributed by atoms with Gasteiger partial charge in [0.1, 0.15) is 6.10 Å². The van der Waals surface area contributed by atoms with E-state index in [-0.39, 0.29) is 0 Å². The Morgan fingerprint density at radius 3 is 2.45 bits per heavy atom. The van der Waals surface area contributed by atoms with Crippen molar-refractivity contribution in [3.63, 3.8) is 0 Å². The second-order valence-corrected chi connectivity index (χ2v) is 5.58. The van der Waals surface area contributed by atoms with Crippen LogP contribution in [0.2, 0.25) is 0 Å². The first-order valence-electron chi connectivity index (χ1n) is 7.26. The summed E-state index contributed by atoms with van der Waals surface area (Å²) in [4.78, 5) is 0. The summed E-state index contributed by atoms with van der Waals surface area (Å²) in [6.07, 6.45) is 2.43. The molecule has 2 aromatic rings.